The van der Waals surface area contributed by atoms with Gasteiger partial charge in [-0.15, -0.1) is 0 Å². The van der Waals surface area contributed by atoms with Gasteiger partial charge < -0.3 is 65.5 Å². The summed E-state index contributed by atoms with van der Waals surface area (Å²) in [5, 5.41) is 17.3. The number of fused-ring (bicyclic) bond motifs is 1. The molecule has 432 valence electrons. The van der Waals surface area contributed by atoms with E-state index >= 15 is 0 Å². The molecule has 4 heterocycles. The summed E-state index contributed by atoms with van der Waals surface area (Å²) in [6.45, 7) is 16.8. The first-order valence-corrected chi connectivity index (χ1v) is 28.8. The molecule has 1 spiro atoms. The van der Waals surface area contributed by atoms with Gasteiger partial charge in [0.1, 0.15) is 60.2 Å². The number of epoxide rings is 2. The number of aromatic amines is 1. The van der Waals surface area contributed by atoms with E-state index in [1.165, 1.54) is 36.1 Å². The highest BCUT2D eigenvalue weighted by Gasteiger charge is 2.72. The van der Waals surface area contributed by atoms with Gasteiger partial charge in [0.15, 0.2) is 0 Å². The third-order valence-electron chi connectivity index (χ3n) is 15.4. The zero-order valence-corrected chi connectivity index (χ0v) is 48.1. The summed E-state index contributed by atoms with van der Waals surface area (Å²) >= 11 is 1.44. The summed E-state index contributed by atoms with van der Waals surface area (Å²) in [6, 6.07) is 1.55. The maximum absolute atomic E-state index is 14.3. The summed E-state index contributed by atoms with van der Waals surface area (Å²) in [6.07, 6.45) is 7.49. The molecule has 1 aromatic carbocycles. The maximum Gasteiger partial charge on any atom is 0.407 e. The van der Waals surface area contributed by atoms with Gasteiger partial charge in [0.05, 0.1) is 31.2 Å². The van der Waals surface area contributed by atoms with E-state index in [-0.39, 0.29) is 55.6 Å². The highest BCUT2D eigenvalue weighted by Crippen LogP contribution is 2.59. The Kier molecular flexibility index (Phi) is 21.6. The van der Waals surface area contributed by atoms with Gasteiger partial charge in [-0.2, -0.15) is 11.8 Å². The second-order valence-corrected chi connectivity index (χ2v) is 23.5. The summed E-state index contributed by atoms with van der Waals surface area (Å²) in [5.74, 6) is -4.02. The number of aromatic nitrogens is 1. The minimum absolute atomic E-state index is 0.000472. The molecule has 0 radical (unpaired) electrons. The summed E-state index contributed by atoms with van der Waals surface area (Å²) in [4.78, 5) is 113. The van der Waals surface area contributed by atoms with Crippen LogP contribution in [0.2, 0.25) is 0 Å². The van der Waals surface area contributed by atoms with E-state index in [1.807, 2.05) is 72.1 Å². The standard InChI is InChI=1S/C56H84N8O13S/c1-31(2)18-19-45-55(9,77-45)48-47(73-10)44(20-22-56(48)30-75-56)76-54(72)63-42(33(5)6)29-74-53(71)34(7)59-51(69)41(26-36-27-57-38-16-13-12-15-37(36)38)61-50(68)39(21-24-78-11)60-46(66)28-58-49(67)40(25-32(3)4)62-52(70)43-17-14-23-64(43)35(8)65/h12-13,15-16,18,27,32-34,39-45,47-48,57H,14,17,19-26,28-30H2,1-11H3,(H,58,67)(H,59,69)(H,60,66)(H,61,68)(H,62,70)(H,63,72)/t34-,39-,40-,41-,42-,43-,44+,45+,47?,48?,55-,56-/m0/s1. The third kappa shape index (κ3) is 16.0. The topological polar surface area (TPSA) is 281 Å². The highest BCUT2D eigenvalue weighted by molar-refractivity contribution is 7.98. The fourth-order valence-corrected chi connectivity index (χ4v) is 11.4. The number of likely N-dealkylation sites (tertiary alicyclic amines) is 1. The van der Waals surface area contributed by atoms with Crippen LogP contribution >= 0.6 is 11.8 Å². The molecule has 12 atom stereocenters. The number of benzene rings is 1. The van der Waals surface area contributed by atoms with Gasteiger partial charge >= 0.3 is 12.1 Å². The second-order valence-electron chi connectivity index (χ2n) is 22.5. The van der Waals surface area contributed by atoms with E-state index in [0.717, 1.165) is 17.3 Å². The summed E-state index contributed by atoms with van der Waals surface area (Å²) < 4.78 is 30.2. The van der Waals surface area contributed by atoms with Crippen molar-refractivity contribution in [2.75, 3.05) is 45.4 Å². The average Bonchev–Trinajstić information content (AvgIpc) is 4.20. The van der Waals surface area contributed by atoms with Crippen molar-refractivity contribution in [1.29, 1.82) is 0 Å². The molecule has 4 fully saturated rings. The van der Waals surface area contributed by atoms with Crippen LogP contribution in [0.1, 0.15) is 113 Å². The molecule has 0 bridgehead atoms. The van der Waals surface area contributed by atoms with Gasteiger partial charge in [0, 0.05) is 44.1 Å². The van der Waals surface area contributed by atoms with Gasteiger partial charge in [0.25, 0.3) is 0 Å². The molecule has 3 aliphatic heterocycles. The Balaban J connectivity index is 1.06. The van der Waals surface area contributed by atoms with Crippen molar-refractivity contribution in [2.45, 2.75) is 179 Å². The molecular formula is C56H84N8O13S. The van der Waals surface area contributed by atoms with Gasteiger partial charge in [-0.1, -0.05) is 57.5 Å². The molecular weight excluding hydrogens is 1020 g/mol. The lowest BCUT2D eigenvalue weighted by molar-refractivity contribution is -0.148. The predicted octanol–water partition coefficient (Wildman–Crippen LogP) is 3.97. The molecule has 7 amide bonds. The Hall–Kier alpha value is -5.71. The SMILES string of the molecule is COC1C([C@@]2(C)O[C@@H]2CC=C(C)C)[C@]2(CC[C@H]1OC(=O)N[C@@H](COC(=O)[C@H](C)NC(=O)[C@H](Cc1c[nH]c3ccccc13)NC(=O)[C@H](CCSC)NC(=O)CNC(=O)[C@H](CC(C)C)NC(=O)[C@@H]1CCCN1C(C)=O)C(C)C)CO2. The first-order valence-electron chi connectivity index (χ1n) is 27.4. The number of ether oxygens (including phenoxy) is 5. The number of esters is 1. The number of thioether (sulfide) groups is 1. The number of H-pyrrole nitrogens is 1. The molecule has 7 N–H and O–H groups in total. The van der Waals surface area contributed by atoms with Crippen molar-refractivity contribution in [3.8, 4) is 0 Å². The number of hydrogen-bond acceptors (Lipinski definition) is 14. The predicted molar refractivity (Wildman–Crippen MR) is 294 cm³/mol. The zero-order chi connectivity index (χ0) is 57.1. The van der Waals surface area contributed by atoms with Gasteiger partial charge in [-0.05, 0) is 108 Å². The van der Waals surface area contributed by atoms with Crippen molar-refractivity contribution < 1.29 is 62.0 Å². The molecule has 78 heavy (non-hydrogen) atoms. The Morgan fingerprint density at radius 2 is 1.63 bits per heavy atom. The van der Waals surface area contributed by atoms with Crippen LogP contribution in [0.3, 0.4) is 0 Å². The van der Waals surface area contributed by atoms with Crippen LogP contribution in [0.4, 0.5) is 4.79 Å². The monoisotopic (exact) mass is 1110 g/mol. The van der Waals surface area contributed by atoms with Crippen molar-refractivity contribution in [1.82, 2.24) is 41.8 Å². The Labute approximate surface area is 462 Å². The number of allylic oxidation sites excluding steroid dienone is 1. The number of nitrogens with zero attached hydrogens (tertiary/aromatic N) is 1. The fraction of sp³-hybridized carbons (Fsp3) is 0.679. The van der Waals surface area contributed by atoms with Crippen LogP contribution in [-0.4, -0.2) is 169 Å². The summed E-state index contributed by atoms with van der Waals surface area (Å²) in [7, 11) is 1.60. The number of hydrogen-bond donors (Lipinski definition) is 7. The third-order valence-corrected chi connectivity index (χ3v) is 16.1. The lowest BCUT2D eigenvalue weighted by Crippen LogP contribution is -2.57. The van der Waals surface area contributed by atoms with E-state index < -0.39 is 108 Å². The number of rotatable bonds is 27. The molecule has 6 rings (SSSR count). The number of carbonyl (C=O) groups excluding carboxylic acids is 8. The van der Waals surface area contributed by atoms with E-state index in [9.17, 15) is 38.4 Å². The van der Waals surface area contributed by atoms with Gasteiger partial charge in [-0.3, -0.25) is 28.8 Å². The van der Waals surface area contributed by atoms with Gasteiger partial charge in [0.2, 0.25) is 35.4 Å². The minimum atomic E-state index is -1.24. The van der Waals surface area contributed by atoms with E-state index in [0.29, 0.717) is 50.2 Å². The lowest BCUT2D eigenvalue weighted by atomic mass is 9.68. The van der Waals surface area contributed by atoms with Crippen molar-refractivity contribution in [2.24, 2.45) is 17.8 Å². The number of methoxy groups -OCH3 is 1. The zero-order valence-electron chi connectivity index (χ0n) is 47.2. The smallest absolute Gasteiger partial charge is 0.407 e. The molecule has 4 aliphatic rings. The lowest BCUT2D eigenvalue weighted by Gasteiger charge is -2.42. The number of nitrogens with one attached hydrogen (secondary N) is 7. The first-order chi connectivity index (χ1) is 37.0. The van der Waals surface area contributed by atoms with Crippen LogP contribution in [0.5, 0.6) is 0 Å². The Morgan fingerprint density at radius 1 is 0.910 bits per heavy atom. The normalized spacial score (nSPS) is 25.2. The largest absolute Gasteiger partial charge is 0.462 e. The van der Waals surface area contributed by atoms with Crippen molar-refractivity contribution in [3.63, 3.8) is 0 Å². The molecule has 22 heteroatoms. The Morgan fingerprint density at radius 3 is 2.28 bits per heavy atom. The minimum Gasteiger partial charge on any atom is -0.462 e. The molecule has 1 aromatic heterocycles. The summed E-state index contributed by atoms with van der Waals surface area (Å²) in [5.41, 5.74) is 1.80. The molecule has 21 nitrogen and oxygen atoms in total. The van der Waals surface area contributed by atoms with Crippen LogP contribution in [0.25, 0.3) is 10.9 Å². The van der Waals surface area contributed by atoms with E-state index in [2.05, 4.69) is 49.9 Å². The van der Waals surface area contributed by atoms with Gasteiger partial charge in [-0.25, -0.2) is 9.59 Å². The van der Waals surface area contributed by atoms with Crippen LogP contribution < -0.4 is 31.9 Å². The highest BCUT2D eigenvalue weighted by atomic mass is 32.2. The van der Waals surface area contributed by atoms with Crippen LogP contribution in [-0.2, 0) is 63.7 Å². The Bertz CT molecular complexity index is 2490. The number of carbonyl (C=O) groups is 8. The van der Waals surface area contributed by atoms with Crippen molar-refractivity contribution in [3.05, 3.63) is 47.7 Å². The van der Waals surface area contributed by atoms with Crippen LogP contribution in [0, 0.1) is 17.8 Å². The second kappa shape index (κ2) is 27.4. The number of amides is 7. The number of alkyl carbamates (subject to hydrolysis) is 1. The van der Waals surface area contributed by atoms with E-state index in [1.54, 1.807) is 13.3 Å². The molecule has 1 saturated carbocycles. The molecule has 3 saturated heterocycles. The molecule has 1 aliphatic carbocycles. The average molecular weight is 1110 g/mol. The van der Waals surface area contributed by atoms with E-state index in [4.69, 9.17) is 23.7 Å². The van der Waals surface area contributed by atoms with Crippen molar-refractivity contribution >= 4 is 70.2 Å². The quantitative estimate of drug-likeness (QED) is 0.0379. The first kappa shape index (κ1) is 61.5. The number of para-hydroxylation sites is 1. The molecule has 2 unspecified atom stereocenters. The molecule has 2 aromatic rings. The van der Waals surface area contributed by atoms with Crippen LogP contribution in [0.15, 0.2) is 42.1 Å². The fourth-order valence-electron chi connectivity index (χ4n) is 10.9. The maximum atomic E-state index is 14.3.